The van der Waals surface area contributed by atoms with Gasteiger partial charge in [0.25, 0.3) is 5.91 Å². The molecule has 1 saturated heterocycles. The maximum absolute atomic E-state index is 13.1. The zero-order valence-corrected chi connectivity index (χ0v) is 20.3. The normalized spacial score (nSPS) is 15.3. The molecule has 1 amide bonds. The number of aromatic nitrogens is 2. The summed E-state index contributed by atoms with van der Waals surface area (Å²) >= 11 is 12.5. The number of anilines is 4. The number of carbonyl (C=O) groups excluding carboxylic acids is 1. The van der Waals surface area contributed by atoms with Gasteiger partial charge >= 0.3 is 0 Å². The summed E-state index contributed by atoms with van der Waals surface area (Å²) in [5, 5.41) is 16.9. The van der Waals surface area contributed by atoms with Gasteiger partial charge < -0.3 is 20.3 Å². The van der Waals surface area contributed by atoms with Crippen LogP contribution < -0.4 is 25.2 Å². The zero-order chi connectivity index (χ0) is 24.5. The zero-order valence-electron chi connectivity index (χ0n) is 18.8. The van der Waals surface area contributed by atoms with E-state index in [0.717, 1.165) is 37.4 Å². The second-order valence-corrected chi connectivity index (χ2v) is 8.97. The third kappa shape index (κ3) is 4.44. The quantitative estimate of drug-likeness (QED) is 0.540. The number of rotatable bonds is 4. The Hall–Kier alpha value is -3.58. The molecule has 35 heavy (non-hydrogen) atoms. The van der Waals surface area contributed by atoms with Crippen LogP contribution in [0, 0.1) is 18.3 Å². The van der Waals surface area contributed by atoms with Crippen LogP contribution in [0.5, 0.6) is 5.88 Å². The molecule has 0 spiro atoms. The first-order valence-electron chi connectivity index (χ1n) is 11.0. The Balaban J connectivity index is 1.40. The summed E-state index contributed by atoms with van der Waals surface area (Å²) < 4.78 is 5.75. The van der Waals surface area contributed by atoms with E-state index in [1.165, 1.54) is 11.1 Å². The molecule has 2 aliphatic rings. The van der Waals surface area contributed by atoms with Crippen LogP contribution in [0.3, 0.4) is 0 Å². The van der Waals surface area contributed by atoms with E-state index >= 15 is 0 Å². The molecule has 0 bridgehead atoms. The van der Waals surface area contributed by atoms with Crippen LogP contribution >= 0.6 is 23.2 Å². The highest BCUT2D eigenvalue weighted by Gasteiger charge is 2.31. The molecule has 1 aromatic heterocycles. The van der Waals surface area contributed by atoms with Gasteiger partial charge in [0, 0.05) is 38.1 Å². The number of amides is 1. The molecular weight excluding hydrogens is 489 g/mol. The minimum atomic E-state index is -0.365. The van der Waals surface area contributed by atoms with Crippen molar-refractivity contribution in [3.05, 3.63) is 63.3 Å². The second-order valence-electron chi connectivity index (χ2n) is 8.15. The lowest BCUT2D eigenvalue weighted by Gasteiger charge is -2.31. The third-order valence-corrected chi connectivity index (χ3v) is 6.49. The lowest BCUT2D eigenvalue weighted by molar-refractivity contribution is 0.0932. The highest BCUT2D eigenvalue weighted by molar-refractivity contribution is 6.40. The van der Waals surface area contributed by atoms with Gasteiger partial charge in [-0.2, -0.15) is 10.2 Å². The highest BCUT2D eigenvalue weighted by atomic mass is 35.5. The molecule has 2 N–H and O–H groups in total. The van der Waals surface area contributed by atoms with E-state index in [2.05, 4.69) is 31.6 Å². The van der Waals surface area contributed by atoms with Crippen molar-refractivity contribution >= 4 is 52.1 Å². The van der Waals surface area contributed by atoms with E-state index in [0.29, 0.717) is 27.0 Å². The van der Waals surface area contributed by atoms with Gasteiger partial charge in [-0.3, -0.25) is 9.69 Å². The van der Waals surface area contributed by atoms with Crippen LogP contribution in [0.1, 0.15) is 21.5 Å². The number of carbonyl (C=O) groups is 1. The molecule has 3 aromatic rings. The predicted molar refractivity (Wildman–Crippen MR) is 135 cm³/mol. The lowest BCUT2D eigenvalue weighted by atomic mass is 10.1. The van der Waals surface area contributed by atoms with Gasteiger partial charge in [-0.1, -0.05) is 29.3 Å². The molecule has 0 radical (unpaired) electrons. The van der Waals surface area contributed by atoms with Crippen molar-refractivity contribution in [2.45, 2.75) is 6.92 Å². The molecule has 2 aliphatic heterocycles. The van der Waals surface area contributed by atoms with Crippen LogP contribution in [0.2, 0.25) is 10.0 Å². The minimum absolute atomic E-state index is 0.0944. The van der Waals surface area contributed by atoms with E-state index < -0.39 is 0 Å². The molecular formula is C24H21Cl2N7O2. The first-order valence-corrected chi connectivity index (χ1v) is 11.7. The number of nitrogens with zero attached hydrogens (tertiary/aromatic N) is 5. The Morgan fingerprint density at radius 2 is 1.91 bits per heavy atom. The number of fused-ring (bicyclic) bond motifs is 1. The van der Waals surface area contributed by atoms with E-state index in [1.54, 1.807) is 24.3 Å². The smallest absolute Gasteiger partial charge is 0.268 e. The average Bonchev–Trinajstić information content (AvgIpc) is 2.85. The van der Waals surface area contributed by atoms with Crippen LogP contribution in [0.25, 0.3) is 0 Å². The molecule has 9 nitrogen and oxygen atoms in total. The van der Waals surface area contributed by atoms with Crippen molar-refractivity contribution in [2.75, 3.05) is 48.0 Å². The Bertz CT molecular complexity index is 1330. The second kappa shape index (κ2) is 9.58. The Kier molecular flexibility index (Phi) is 6.34. The fourth-order valence-electron chi connectivity index (χ4n) is 4.30. The van der Waals surface area contributed by atoms with Crippen LogP contribution in [-0.2, 0) is 0 Å². The first-order chi connectivity index (χ1) is 17.0. The van der Waals surface area contributed by atoms with Gasteiger partial charge in [0.15, 0.2) is 6.73 Å². The predicted octanol–water partition coefficient (Wildman–Crippen LogP) is 4.11. The van der Waals surface area contributed by atoms with Gasteiger partial charge in [-0.15, -0.1) is 0 Å². The maximum atomic E-state index is 13.1. The number of benzene rings is 2. The van der Waals surface area contributed by atoms with E-state index in [4.69, 9.17) is 27.9 Å². The van der Waals surface area contributed by atoms with Crippen molar-refractivity contribution < 1.29 is 9.53 Å². The fraction of sp³-hybridized carbons (Fsp3) is 0.250. The van der Waals surface area contributed by atoms with Gasteiger partial charge in [0.1, 0.15) is 11.6 Å². The highest BCUT2D eigenvalue weighted by Crippen LogP contribution is 2.37. The monoisotopic (exact) mass is 509 g/mol. The molecule has 0 unspecified atom stereocenters. The number of nitriles is 1. The summed E-state index contributed by atoms with van der Waals surface area (Å²) in [6, 6.07) is 11.0. The molecule has 2 aromatic carbocycles. The molecule has 11 heteroatoms. The van der Waals surface area contributed by atoms with Gasteiger partial charge in [0.05, 0.1) is 27.0 Å². The molecule has 3 heterocycles. The SMILES string of the molecule is Cc1cc(Nc2ncc3c(n2)OCN(c2c(Cl)cccc2Cl)C3=O)cc(C#N)c1N1CCNCC1. The number of ether oxygens (including phenoxy) is 1. The topological polar surface area (TPSA) is 106 Å². The summed E-state index contributed by atoms with van der Waals surface area (Å²) in [6.07, 6.45) is 1.40. The Labute approximate surface area is 212 Å². The first kappa shape index (κ1) is 23.2. The van der Waals surface area contributed by atoms with Crippen molar-refractivity contribution in [1.29, 1.82) is 5.26 Å². The molecule has 178 valence electrons. The number of hydrogen-bond donors (Lipinski definition) is 2. The van der Waals surface area contributed by atoms with Crippen LogP contribution in [0.15, 0.2) is 36.5 Å². The Morgan fingerprint density at radius 3 is 2.63 bits per heavy atom. The van der Waals surface area contributed by atoms with Gasteiger partial charge in [-0.25, -0.2) is 4.98 Å². The number of aryl methyl sites for hydroxylation is 1. The molecule has 0 saturated carbocycles. The minimum Gasteiger partial charge on any atom is -0.455 e. The largest absolute Gasteiger partial charge is 0.455 e. The Morgan fingerprint density at radius 1 is 1.17 bits per heavy atom. The summed E-state index contributed by atoms with van der Waals surface area (Å²) in [5.41, 5.74) is 3.73. The van der Waals surface area contributed by atoms with E-state index in [1.807, 2.05) is 13.0 Å². The van der Waals surface area contributed by atoms with Crippen molar-refractivity contribution in [3.8, 4) is 11.9 Å². The standard InChI is InChI=1S/C24H21Cl2N7O2/c1-14-9-16(10-15(11-27)20(14)32-7-5-28-6-8-32)30-24-29-12-17-22(31-24)35-13-33(23(17)34)21-18(25)3-2-4-19(21)26/h2-4,9-10,12,28H,5-8,13H2,1H3,(H,29,30,31). The molecule has 0 atom stereocenters. The van der Waals surface area contributed by atoms with Crippen molar-refractivity contribution in [3.63, 3.8) is 0 Å². The van der Waals surface area contributed by atoms with Crippen LogP contribution in [-0.4, -0.2) is 48.8 Å². The van der Waals surface area contributed by atoms with Gasteiger partial charge in [0.2, 0.25) is 11.8 Å². The summed E-state index contributed by atoms with van der Waals surface area (Å²) in [4.78, 5) is 25.3. The molecule has 0 aliphatic carbocycles. The summed E-state index contributed by atoms with van der Waals surface area (Å²) in [6.45, 7) is 5.34. The molecule has 5 rings (SSSR count). The van der Waals surface area contributed by atoms with Crippen molar-refractivity contribution in [1.82, 2.24) is 15.3 Å². The molecule has 1 fully saturated rings. The lowest BCUT2D eigenvalue weighted by Crippen LogP contribution is -2.44. The number of para-hydroxylation sites is 1. The van der Waals surface area contributed by atoms with E-state index in [9.17, 15) is 10.1 Å². The number of piperazine rings is 1. The number of halogens is 2. The number of nitrogens with one attached hydrogen (secondary N) is 2. The average molecular weight is 510 g/mol. The van der Waals surface area contributed by atoms with Gasteiger partial charge in [-0.05, 0) is 36.8 Å². The van der Waals surface area contributed by atoms with Crippen molar-refractivity contribution in [2.24, 2.45) is 0 Å². The summed E-state index contributed by atoms with van der Waals surface area (Å²) in [7, 11) is 0. The van der Waals surface area contributed by atoms with Crippen LogP contribution in [0.4, 0.5) is 23.0 Å². The number of hydrogen-bond acceptors (Lipinski definition) is 8. The third-order valence-electron chi connectivity index (χ3n) is 5.88. The maximum Gasteiger partial charge on any atom is 0.268 e. The van der Waals surface area contributed by atoms with E-state index in [-0.39, 0.29) is 30.0 Å². The fourth-order valence-corrected chi connectivity index (χ4v) is 4.90. The summed E-state index contributed by atoms with van der Waals surface area (Å²) in [5.74, 6) is 0.0383.